The minimum atomic E-state index is -0.0886. The molecule has 0 aliphatic carbocycles. The number of carbonyl (C=O) groups is 1. The molecule has 1 aromatic heterocycles. The average Bonchev–Trinajstić information content (AvgIpc) is 2.84. The highest BCUT2D eigenvalue weighted by Gasteiger charge is 2.12. The van der Waals surface area contributed by atoms with E-state index >= 15 is 0 Å². The number of nitrogens with one attached hydrogen (secondary N) is 1. The van der Waals surface area contributed by atoms with Gasteiger partial charge >= 0.3 is 0 Å². The van der Waals surface area contributed by atoms with Crippen molar-refractivity contribution in [2.75, 3.05) is 11.1 Å². The van der Waals surface area contributed by atoms with Gasteiger partial charge in [0.25, 0.3) is 5.22 Å². The summed E-state index contributed by atoms with van der Waals surface area (Å²) in [4.78, 5) is 11.9. The number of thioether (sulfide) groups is 1. The molecule has 0 fully saturated rings. The Morgan fingerprint density at radius 3 is 2.48 bits per heavy atom. The van der Waals surface area contributed by atoms with E-state index in [1.54, 1.807) is 0 Å². The van der Waals surface area contributed by atoms with Gasteiger partial charge in [0.2, 0.25) is 11.8 Å². The lowest BCUT2D eigenvalue weighted by Gasteiger charge is -2.06. The molecule has 2 aromatic rings. The molecular weight excluding hydrogens is 286 g/mol. The quantitative estimate of drug-likeness (QED) is 0.856. The smallest absolute Gasteiger partial charge is 0.277 e. The standard InChI is InChI=1S/C15H19N3O2S/c1-9(2)14-17-18-15(20-14)21-8-13(19)16-12-6-10(3)5-11(4)7-12/h5-7,9H,8H2,1-4H3,(H,16,19). The third-order valence-corrected chi connectivity index (χ3v) is 3.57. The maximum atomic E-state index is 11.9. The second-order valence-electron chi connectivity index (χ2n) is 5.27. The lowest BCUT2D eigenvalue weighted by Crippen LogP contribution is -2.14. The van der Waals surface area contributed by atoms with Gasteiger partial charge in [0.15, 0.2) is 0 Å². The zero-order chi connectivity index (χ0) is 15.4. The van der Waals surface area contributed by atoms with E-state index in [0.717, 1.165) is 16.8 Å². The van der Waals surface area contributed by atoms with Crippen molar-refractivity contribution in [3.05, 3.63) is 35.2 Å². The lowest BCUT2D eigenvalue weighted by molar-refractivity contribution is -0.113. The Bertz CT molecular complexity index is 617. The molecule has 0 bridgehead atoms. The van der Waals surface area contributed by atoms with Crippen LogP contribution in [0.2, 0.25) is 0 Å². The summed E-state index contributed by atoms with van der Waals surface area (Å²) in [6.07, 6.45) is 0. The number of amides is 1. The average molecular weight is 305 g/mol. The van der Waals surface area contributed by atoms with E-state index in [2.05, 4.69) is 21.6 Å². The molecule has 5 nitrogen and oxygen atoms in total. The van der Waals surface area contributed by atoms with Crippen LogP contribution in [-0.4, -0.2) is 21.9 Å². The fourth-order valence-corrected chi connectivity index (χ4v) is 2.45. The van der Waals surface area contributed by atoms with Crippen molar-refractivity contribution in [1.82, 2.24) is 10.2 Å². The highest BCUT2D eigenvalue weighted by Crippen LogP contribution is 2.20. The van der Waals surface area contributed by atoms with Crippen LogP contribution in [0.15, 0.2) is 27.8 Å². The van der Waals surface area contributed by atoms with Crippen LogP contribution in [0, 0.1) is 13.8 Å². The topological polar surface area (TPSA) is 68.0 Å². The molecular formula is C15H19N3O2S. The highest BCUT2D eigenvalue weighted by atomic mass is 32.2. The number of rotatable bonds is 5. The Morgan fingerprint density at radius 2 is 1.90 bits per heavy atom. The van der Waals surface area contributed by atoms with Gasteiger partial charge in [-0.1, -0.05) is 31.7 Å². The lowest BCUT2D eigenvalue weighted by atomic mass is 10.1. The number of carbonyl (C=O) groups excluding carboxylic acids is 1. The molecule has 0 aliphatic heterocycles. The first kappa shape index (κ1) is 15.6. The highest BCUT2D eigenvalue weighted by molar-refractivity contribution is 7.99. The first-order valence-electron chi connectivity index (χ1n) is 6.78. The summed E-state index contributed by atoms with van der Waals surface area (Å²) < 4.78 is 5.44. The van der Waals surface area contributed by atoms with Gasteiger partial charge < -0.3 is 9.73 Å². The summed E-state index contributed by atoms with van der Waals surface area (Å²) in [5.41, 5.74) is 3.05. The van der Waals surface area contributed by atoms with Crippen LogP contribution in [0.1, 0.15) is 36.8 Å². The second-order valence-corrected chi connectivity index (χ2v) is 6.20. The van der Waals surface area contributed by atoms with Crippen molar-refractivity contribution in [2.45, 2.75) is 38.8 Å². The maximum Gasteiger partial charge on any atom is 0.277 e. The Morgan fingerprint density at radius 1 is 1.24 bits per heavy atom. The maximum absolute atomic E-state index is 11.9. The van der Waals surface area contributed by atoms with Crippen LogP contribution in [0.3, 0.4) is 0 Å². The Kier molecular flexibility index (Phi) is 5.01. The molecule has 0 saturated carbocycles. The first-order chi connectivity index (χ1) is 9.94. The molecule has 0 aliphatic rings. The predicted molar refractivity (Wildman–Crippen MR) is 83.7 cm³/mol. The fraction of sp³-hybridized carbons (Fsp3) is 0.400. The molecule has 1 amide bonds. The molecule has 6 heteroatoms. The van der Waals surface area contributed by atoms with Gasteiger partial charge in [-0.15, -0.1) is 10.2 Å². The van der Waals surface area contributed by atoms with Gasteiger partial charge in [-0.25, -0.2) is 0 Å². The van der Waals surface area contributed by atoms with E-state index in [-0.39, 0.29) is 17.6 Å². The van der Waals surface area contributed by atoms with Crippen molar-refractivity contribution >= 4 is 23.4 Å². The van der Waals surface area contributed by atoms with Crippen LogP contribution in [0.5, 0.6) is 0 Å². The molecule has 0 unspecified atom stereocenters. The van der Waals surface area contributed by atoms with E-state index in [4.69, 9.17) is 4.42 Å². The van der Waals surface area contributed by atoms with E-state index < -0.39 is 0 Å². The molecule has 21 heavy (non-hydrogen) atoms. The van der Waals surface area contributed by atoms with E-state index in [9.17, 15) is 4.79 Å². The zero-order valence-corrected chi connectivity index (χ0v) is 13.5. The number of benzene rings is 1. The molecule has 1 aromatic carbocycles. The minimum absolute atomic E-state index is 0.0886. The second kappa shape index (κ2) is 6.76. The van der Waals surface area contributed by atoms with Gasteiger partial charge in [-0.3, -0.25) is 4.79 Å². The van der Waals surface area contributed by atoms with Crippen molar-refractivity contribution in [2.24, 2.45) is 0 Å². The van der Waals surface area contributed by atoms with E-state index in [1.165, 1.54) is 11.8 Å². The number of anilines is 1. The normalized spacial score (nSPS) is 10.9. The van der Waals surface area contributed by atoms with Crippen molar-refractivity contribution in [3.63, 3.8) is 0 Å². The summed E-state index contributed by atoms with van der Waals surface area (Å²) in [6.45, 7) is 7.97. The predicted octanol–water partition coefficient (Wildman–Crippen LogP) is 3.54. The third kappa shape index (κ3) is 4.60. The van der Waals surface area contributed by atoms with Crippen LogP contribution in [-0.2, 0) is 4.79 Å². The van der Waals surface area contributed by atoms with Crippen LogP contribution >= 0.6 is 11.8 Å². The Balaban J connectivity index is 1.89. The van der Waals surface area contributed by atoms with Gasteiger partial charge in [0.05, 0.1) is 5.75 Å². The van der Waals surface area contributed by atoms with Crippen LogP contribution < -0.4 is 5.32 Å². The summed E-state index contributed by atoms with van der Waals surface area (Å²) in [5.74, 6) is 0.935. The van der Waals surface area contributed by atoms with Crippen molar-refractivity contribution in [1.29, 1.82) is 0 Å². The first-order valence-corrected chi connectivity index (χ1v) is 7.77. The summed E-state index contributed by atoms with van der Waals surface area (Å²) in [5, 5.41) is 11.1. The summed E-state index contributed by atoms with van der Waals surface area (Å²) >= 11 is 1.24. The minimum Gasteiger partial charge on any atom is -0.416 e. The Hall–Kier alpha value is -1.82. The molecule has 1 N–H and O–H groups in total. The largest absolute Gasteiger partial charge is 0.416 e. The third-order valence-electron chi connectivity index (χ3n) is 2.75. The number of aromatic nitrogens is 2. The molecule has 0 radical (unpaired) electrons. The fourth-order valence-electron chi connectivity index (χ4n) is 1.88. The number of aryl methyl sites for hydroxylation is 2. The molecule has 2 rings (SSSR count). The van der Waals surface area contributed by atoms with Crippen LogP contribution in [0.25, 0.3) is 0 Å². The molecule has 0 saturated heterocycles. The van der Waals surface area contributed by atoms with Gasteiger partial charge in [-0.2, -0.15) is 0 Å². The number of hydrogen-bond acceptors (Lipinski definition) is 5. The number of nitrogens with zero attached hydrogens (tertiary/aromatic N) is 2. The van der Waals surface area contributed by atoms with E-state index in [0.29, 0.717) is 11.1 Å². The SMILES string of the molecule is Cc1cc(C)cc(NC(=O)CSc2nnc(C(C)C)o2)c1. The summed E-state index contributed by atoms with van der Waals surface area (Å²) in [7, 11) is 0. The van der Waals surface area contributed by atoms with Gasteiger partial charge in [0.1, 0.15) is 0 Å². The molecule has 0 atom stereocenters. The summed E-state index contributed by atoms with van der Waals surface area (Å²) in [6, 6.07) is 5.95. The Labute approximate surface area is 128 Å². The monoisotopic (exact) mass is 305 g/mol. The molecule has 1 heterocycles. The van der Waals surface area contributed by atoms with Gasteiger partial charge in [-0.05, 0) is 37.1 Å². The number of hydrogen-bond donors (Lipinski definition) is 1. The van der Waals surface area contributed by atoms with Crippen molar-refractivity contribution < 1.29 is 9.21 Å². The zero-order valence-electron chi connectivity index (χ0n) is 12.6. The molecule has 112 valence electrons. The van der Waals surface area contributed by atoms with Gasteiger partial charge in [0, 0.05) is 11.6 Å². The van der Waals surface area contributed by atoms with Crippen LogP contribution in [0.4, 0.5) is 5.69 Å². The van der Waals surface area contributed by atoms with E-state index in [1.807, 2.05) is 39.8 Å². The van der Waals surface area contributed by atoms with Crippen molar-refractivity contribution in [3.8, 4) is 0 Å². The molecule has 0 spiro atoms.